The van der Waals surface area contributed by atoms with E-state index in [2.05, 4.69) is 13.0 Å². The first-order valence-corrected chi connectivity index (χ1v) is 4.39. The lowest BCUT2D eigenvalue weighted by molar-refractivity contribution is 0.108. The van der Waals surface area contributed by atoms with Crippen molar-refractivity contribution < 1.29 is 4.74 Å². The van der Waals surface area contributed by atoms with Crippen molar-refractivity contribution in [3.63, 3.8) is 0 Å². The Labute approximate surface area is 68.4 Å². The molecular weight excluding hydrogens is 138 g/mol. The van der Waals surface area contributed by atoms with Crippen molar-refractivity contribution in [2.75, 3.05) is 0 Å². The molecule has 0 aromatic carbocycles. The van der Waals surface area contributed by atoms with Crippen LogP contribution in [0.5, 0.6) is 0 Å². The molecule has 0 spiro atoms. The van der Waals surface area contributed by atoms with Crippen LogP contribution in [0.15, 0.2) is 12.3 Å². The van der Waals surface area contributed by atoms with Crippen LogP contribution in [-0.2, 0) is 4.74 Å². The van der Waals surface area contributed by atoms with Crippen LogP contribution in [0.1, 0.15) is 32.6 Å². The lowest BCUT2D eigenvalue weighted by Crippen LogP contribution is -2.26. The Balaban J connectivity index is 2.20. The minimum atomic E-state index is 0.312. The molecule has 1 aliphatic rings. The first-order chi connectivity index (χ1) is 5.33. The molecule has 0 radical (unpaired) electrons. The molecule has 0 aromatic heterocycles. The van der Waals surface area contributed by atoms with Crippen LogP contribution >= 0.6 is 0 Å². The van der Waals surface area contributed by atoms with Gasteiger partial charge in [-0.3, -0.25) is 0 Å². The van der Waals surface area contributed by atoms with E-state index < -0.39 is 0 Å². The predicted molar refractivity (Wildman–Crippen MR) is 46.1 cm³/mol. The van der Waals surface area contributed by atoms with Gasteiger partial charge in [0.15, 0.2) is 0 Å². The van der Waals surface area contributed by atoms with E-state index in [0.29, 0.717) is 12.1 Å². The highest BCUT2D eigenvalue weighted by Crippen LogP contribution is 2.15. The van der Waals surface area contributed by atoms with Crippen LogP contribution in [0.4, 0.5) is 0 Å². The molecule has 0 amide bonds. The fourth-order valence-electron chi connectivity index (χ4n) is 1.26. The minimum absolute atomic E-state index is 0.312. The van der Waals surface area contributed by atoms with Gasteiger partial charge in [-0.05, 0) is 31.8 Å². The van der Waals surface area contributed by atoms with E-state index in [0.717, 1.165) is 25.7 Å². The maximum Gasteiger partial charge on any atom is 0.0996 e. The summed E-state index contributed by atoms with van der Waals surface area (Å²) in [6, 6.07) is 0.312. The summed E-state index contributed by atoms with van der Waals surface area (Å²) in [5.41, 5.74) is 5.80. The molecule has 2 unspecified atom stereocenters. The van der Waals surface area contributed by atoms with Gasteiger partial charge in [-0.2, -0.15) is 0 Å². The normalized spacial score (nSPS) is 26.2. The molecule has 2 nitrogen and oxygen atoms in total. The second-order valence-electron chi connectivity index (χ2n) is 3.11. The fourth-order valence-corrected chi connectivity index (χ4v) is 1.26. The van der Waals surface area contributed by atoms with Gasteiger partial charge in [-0.15, -0.1) is 0 Å². The first kappa shape index (κ1) is 8.60. The van der Waals surface area contributed by atoms with Gasteiger partial charge in [0.25, 0.3) is 0 Å². The van der Waals surface area contributed by atoms with Gasteiger partial charge in [-0.25, -0.2) is 0 Å². The van der Waals surface area contributed by atoms with Gasteiger partial charge in [-0.1, -0.05) is 6.92 Å². The summed E-state index contributed by atoms with van der Waals surface area (Å²) in [6.07, 6.45) is 8.55. The molecule has 0 fully saturated rings. The monoisotopic (exact) mass is 155 g/mol. The lowest BCUT2D eigenvalue weighted by atomic mass is 10.0. The van der Waals surface area contributed by atoms with E-state index >= 15 is 0 Å². The van der Waals surface area contributed by atoms with Crippen LogP contribution in [0, 0.1) is 0 Å². The van der Waals surface area contributed by atoms with Crippen LogP contribution in [-0.4, -0.2) is 12.1 Å². The van der Waals surface area contributed by atoms with Crippen molar-refractivity contribution in [3.8, 4) is 0 Å². The van der Waals surface area contributed by atoms with Crippen molar-refractivity contribution in [3.05, 3.63) is 12.3 Å². The van der Waals surface area contributed by atoms with E-state index in [1.807, 2.05) is 0 Å². The van der Waals surface area contributed by atoms with Crippen molar-refractivity contribution >= 4 is 0 Å². The molecule has 1 rings (SSSR count). The van der Waals surface area contributed by atoms with E-state index in [9.17, 15) is 0 Å². The van der Waals surface area contributed by atoms with Crippen LogP contribution in [0.25, 0.3) is 0 Å². The minimum Gasteiger partial charge on any atom is -0.498 e. The van der Waals surface area contributed by atoms with Crippen LogP contribution in [0.3, 0.4) is 0 Å². The topological polar surface area (TPSA) is 35.2 Å². The smallest absolute Gasteiger partial charge is 0.0996 e. The van der Waals surface area contributed by atoms with Gasteiger partial charge in [0, 0.05) is 6.04 Å². The van der Waals surface area contributed by atoms with Crippen LogP contribution in [0.2, 0.25) is 0 Å². The van der Waals surface area contributed by atoms with E-state index in [1.165, 1.54) is 0 Å². The Morgan fingerprint density at radius 2 is 2.55 bits per heavy atom. The molecule has 0 saturated carbocycles. The molecule has 0 aromatic rings. The number of nitrogens with two attached hydrogens (primary N) is 1. The zero-order valence-electron chi connectivity index (χ0n) is 7.12. The summed E-state index contributed by atoms with van der Waals surface area (Å²) in [4.78, 5) is 0. The summed E-state index contributed by atoms with van der Waals surface area (Å²) in [5.74, 6) is 0. The van der Waals surface area contributed by atoms with Crippen molar-refractivity contribution in [2.45, 2.75) is 44.8 Å². The molecule has 2 N–H and O–H groups in total. The number of hydrogen-bond acceptors (Lipinski definition) is 2. The van der Waals surface area contributed by atoms with Gasteiger partial charge in [0.1, 0.15) is 0 Å². The molecule has 1 aliphatic heterocycles. The Morgan fingerprint density at radius 3 is 3.09 bits per heavy atom. The zero-order chi connectivity index (χ0) is 8.10. The SMILES string of the molecule is CCC(N)CC1CCC=CO1. The van der Waals surface area contributed by atoms with E-state index in [1.54, 1.807) is 6.26 Å². The summed E-state index contributed by atoms with van der Waals surface area (Å²) >= 11 is 0. The van der Waals surface area contributed by atoms with Crippen molar-refractivity contribution in [1.82, 2.24) is 0 Å². The highest BCUT2D eigenvalue weighted by molar-refractivity contribution is 4.83. The van der Waals surface area contributed by atoms with Gasteiger partial charge >= 0.3 is 0 Å². The third-order valence-corrected chi connectivity index (χ3v) is 2.11. The number of hydrogen-bond donors (Lipinski definition) is 1. The van der Waals surface area contributed by atoms with Gasteiger partial charge in [0.05, 0.1) is 12.4 Å². The number of rotatable bonds is 3. The maximum atomic E-state index is 5.80. The number of allylic oxidation sites excluding steroid dienone is 1. The van der Waals surface area contributed by atoms with Gasteiger partial charge in [0.2, 0.25) is 0 Å². The fraction of sp³-hybridized carbons (Fsp3) is 0.778. The van der Waals surface area contributed by atoms with E-state index in [-0.39, 0.29) is 0 Å². The average molecular weight is 155 g/mol. The third-order valence-electron chi connectivity index (χ3n) is 2.11. The zero-order valence-corrected chi connectivity index (χ0v) is 7.12. The highest BCUT2D eigenvalue weighted by Gasteiger charge is 2.13. The molecule has 0 saturated heterocycles. The molecule has 11 heavy (non-hydrogen) atoms. The van der Waals surface area contributed by atoms with Crippen molar-refractivity contribution in [2.24, 2.45) is 5.73 Å². The summed E-state index contributed by atoms with van der Waals surface area (Å²) in [7, 11) is 0. The summed E-state index contributed by atoms with van der Waals surface area (Å²) in [6.45, 7) is 2.11. The largest absolute Gasteiger partial charge is 0.498 e. The average Bonchev–Trinajstić information content (AvgIpc) is 2.06. The molecule has 64 valence electrons. The molecule has 1 heterocycles. The van der Waals surface area contributed by atoms with Crippen molar-refractivity contribution in [1.29, 1.82) is 0 Å². The quantitative estimate of drug-likeness (QED) is 0.674. The Bertz CT molecular complexity index is 134. The molecule has 0 bridgehead atoms. The first-order valence-electron chi connectivity index (χ1n) is 4.39. The molecule has 0 aliphatic carbocycles. The molecular formula is C9H17NO. The Morgan fingerprint density at radius 1 is 1.73 bits per heavy atom. The molecule has 2 heteroatoms. The number of ether oxygens (including phenoxy) is 1. The summed E-state index contributed by atoms with van der Waals surface area (Å²) in [5, 5.41) is 0. The Kier molecular flexibility index (Phi) is 3.43. The Hall–Kier alpha value is -0.500. The maximum absolute atomic E-state index is 5.80. The predicted octanol–water partition coefficient (Wildman–Crippen LogP) is 1.81. The van der Waals surface area contributed by atoms with E-state index in [4.69, 9.17) is 10.5 Å². The van der Waals surface area contributed by atoms with Gasteiger partial charge < -0.3 is 10.5 Å². The lowest BCUT2D eigenvalue weighted by Gasteiger charge is -2.21. The second-order valence-corrected chi connectivity index (χ2v) is 3.11. The molecule has 2 atom stereocenters. The standard InChI is InChI=1S/C9H17NO/c1-2-8(10)7-9-5-3-4-6-11-9/h4,6,8-9H,2-3,5,7,10H2,1H3. The second kappa shape index (κ2) is 4.39. The highest BCUT2D eigenvalue weighted by atomic mass is 16.5. The summed E-state index contributed by atoms with van der Waals surface area (Å²) < 4.78 is 5.39. The van der Waals surface area contributed by atoms with Crippen LogP contribution < -0.4 is 5.73 Å². The third kappa shape index (κ3) is 2.93.